The minimum absolute atomic E-state index is 0.747. The van der Waals surface area contributed by atoms with E-state index in [9.17, 15) is 0 Å². The first-order valence-electron chi connectivity index (χ1n) is 19.6. The van der Waals surface area contributed by atoms with Gasteiger partial charge in [-0.1, -0.05) is 158 Å². The van der Waals surface area contributed by atoms with Crippen LogP contribution < -0.4 is 4.90 Å². The minimum Gasteiger partial charge on any atom is -0.363 e. The highest BCUT2D eigenvalue weighted by Crippen LogP contribution is 2.42. The summed E-state index contributed by atoms with van der Waals surface area (Å²) in [4.78, 5) is 2.58. The predicted molar refractivity (Wildman–Crippen MR) is 249 cm³/mol. The summed E-state index contributed by atoms with van der Waals surface area (Å²) in [5.74, 6) is 0. The van der Waals surface area contributed by atoms with Crippen molar-refractivity contribution in [2.24, 2.45) is 0 Å². The fraction of sp³-hybridized carbons (Fsp3) is 0.0370. The molecule has 0 radical (unpaired) electrons. The quantitative estimate of drug-likeness (QED) is 0.149. The number of fused-ring (bicyclic) bond motifs is 7. The lowest BCUT2D eigenvalue weighted by atomic mass is 9.93. The van der Waals surface area contributed by atoms with E-state index in [0.29, 0.717) is 0 Å². The van der Waals surface area contributed by atoms with Crippen molar-refractivity contribution in [1.29, 1.82) is 0 Å². The van der Waals surface area contributed by atoms with E-state index in [1.54, 1.807) is 0 Å². The van der Waals surface area contributed by atoms with Crippen LogP contribution in [0.4, 0.5) is 5.69 Å². The van der Waals surface area contributed by atoms with Crippen LogP contribution in [0, 0.1) is 0 Å². The third-order valence-electron chi connectivity index (χ3n) is 11.4. The lowest BCUT2D eigenvalue weighted by molar-refractivity contribution is 0.802. The number of rotatable bonds is 8. The fourth-order valence-electron chi connectivity index (χ4n) is 8.75. The predicted octanol–water partition coefficient (Wildman–Crippen LogP) is 15.8. The van der Waals surface area contributed by atoms with Crippen molar-refractivity contribution in [3.63, 3.8) is 0 Å². The molecule has 0 N–H and O–H groups in total. The van der Waals surface area contributed by atoms with Crippen LogP contribution >= 0.6 is 22.7 Å². The monoisotopic (exact) mass is 763 g/mol. The molecule has 270 valence electrons. The molecule has 0 spiro atoms. The summed E-state index contributed by atoms with van der Waals surface area (Å²) < 4.78 is 5.31. The highest BCUT2D eigenvalue weighted by atomic mass is 32.1. The Bertz CT molecular complexity index is 3270. The molecule has 0 aliphatic carbocycles. The van der Waals surface area contributed by atoms with Crippen LogP contribution in [-0.2, 0) is 13.1 Å². The molecule has 0 unspecified atom stereocenters. The van der Waals surface area contributed by atoms with Crippen LogP contribution in [0.25, 0.3) is 84.5 Å². The van der Waals surface area contributed by atoms with Crippen LogP contribution in [0.3, 0.4) is 0 Å². The van der Waals surface area contributed by atoms with Crippen LogP contribution in [0.15, 0.2) is 200 Å². The summed E-state index contributed by atoms with van der Waals surface area (Å²) >= 11 is 3.75. The summed E-state index contributed by atoms with van der Waals surface area (Å²) in [5.41, 5.74) is 11.4. The van der Waals surface area contributed by atoms with E-state index < -0.39 is 0 Å². The van der Waals surface area contributed by atoms with E-state index in [0.717, 1.165) is 13.1 Å². The molecule has 1 nitrogen and oxygen atoms in total. The topological polar surface area (TPSA) is 3.24 Å². The molecule has 3 heteroatoms. The third kappa shape index (κ3) is 6.08. The first kappa shape index (κ1) is 33.8. The number of thiophene rings is 2. The van der Waals surface area contributed by atoms with Gasteiger partial charge in [0.25, 0.3) is 0 Å². The highest BCUT2D eigenvalue weighted by Gasteiger charge is 2.18. The molecule has 0 atom stereocenters. The standard InChI is InChI=1S/C54H37NS2/c1-5-21-43-36(14-1)17-12-26-46(43)44-22-6-3-16-40(44)35-55(41-19-11-18-37(32-41)45-25-13-29-53-54(45)48-24-8-10-28-51(48)57-53)34-39-15-2-4-20-42(39)38-30-31-52-49(33-38)47-23-7-9-27-50(47)56-52/h1-33H,34-35H2. The van der Waals surface area contributed by atoms with Gasteiger partial charge in [-0.25, -0.2) is 0 Å². The summed E-state index contributed by atoms with van der Waals surface area (Å²) in [6.07, 6.45) is 0. The second-order valence-electron chi connectivity index (χ2n) is 14.8. The Hall–Kier alpha value is -6.52. The molecule has 11 aromatic rings. The number of anilines is 1. The van der Waals surface area contributed by atoms with E-state index in [1.165, 1.54) is 101 Å². The summed E-state index contributed by atoms with van der Waals surface area (Å²) in [6.45, 7) is 1.49. The second kappa shape index (κ2) is 14.2. The van der Waals surface area contributed by atoms with Crippen molar-refractivity contribution in [1.82, 2.24) is 0 Å². The van der Waals surface area contributed by atoms with E-state index in [2.05, 4.69) is 205 Å². The maximum Gasteiger partial charge on any atom is 0.0439 e. The molecule has 11 rings (SSSR count). The molecule has 2 aromatic heterocycles. The number of hydrogen-bond acceptors (Lipinski definition) is 3. The van der Waals surface area contributed by atoms with E-state index >= 15 is 0 Å². The van der Waals surface area contributed by atoms with Gasteiger partial charge in [-0.3, -0.25) is 0 Å². The van der Waals surface area contributed by atoms with Gasteiger partial charge in [0.15, 0.2) is 0 Å². The first-order chi connectivity index (χ1) is 28.2. The second-order valence-corrected chi connectivity index (χ2v) is 17.0. The zero-order valence-electron chi connectivity index (χ0n) is 31.2. The van der Waals surface area contributed by atoms with Crippen LogP contribution in [0.5, 0.6) is 0 Å². The fourth-order valence-corrected chi connectivity index (χ4v) is 11.0. The van der Waals surface area contributed by atoms with E-state index in [4.69, 9.17) is 0 Å². The summed E-state index contributed by atoms with van der Waals surface area (Å²) in [6, 6.07) is 74.0. The molecular weight excluding hydrogens is 727 g/mol. The van der Waals surface area contributed by atoms with Crippen molar-refractivity contribution >= 4 is 79.5 Å². The molecular formula is C54H37NS2. The van der Waals surface area contributed by atoms with Gasteiger partial charge in [0.05, 0.1) is 0 Å². The van der Waals surface area contributed by atoms with Gasteiger partial charge in [-0.15, -0.1) is 22.7 Å². The Morgan fingerprint density at radius 2 is 0.877 bits per heavy atom. The van der Waals surface area contributed by atoms with Gasteiger partial charge in [0, 0.05) is 59.1 Å². The molecule has 0 bridgehead atoms. The Morgan fingerprint density at radius 3 is 1.74 bits per heavy atom. The van der Waals surface area contributed by atoms with Gasteiger partial charge in [-0.2, -0.15) is 0 Å². The van der Waals surface area contributed by atoms with Crippen molar-refractivity contribution in [3.8, 4) is 33.4 Å². The number of benzene rings is 9. The lowest BCUT2D eigenvalue weighted by Crippen LogP contribution is -2.23. The number of nitrogens with zero attached hydrogens (tertiary/aromatic N) is 1. The molecule has 9 aromatic carbocycles. The zero-order valence-corrected chi connectivity index (χ0v) is 32.9. The van der Waals surface area contributed by atoms with Crippen LogP contribution in [0.2, 0.25) is 0 Å². The SMILES string of the molecule is c1cc(-c2cccc3sc4ccccc4c23)cc(N(Cc2ccccc2-c2ccc3sc4ccccc4c3c2)Cc2ccccc2-c2cccc3ccccc23)c1. The average Bonchev–Trinajstić information content (AvgIpc) is 3.85. The normalized spacial score (nSPS) is 11.6. The van der Waals surface area contributed by atoms with Crippen molar-refractivity contribution in [2.75, 3.05) is 4.90 Å². The minimum atomic E-state index is 0.747. The van der Waals surface area contributed by atoms with E-state index in [-0.39, 0.29) is 0 Å². The van der Waals surface area contributed by atoms with Crippen LogP contribution in [0.1, 0.15) is 11.1 Å². The van der Waals surface area contributed by atoms with Gasteiger partial charge in [0.2, 0.25) is 0 Å². The lowest BCUT2D eigenvalue weighted by Gasteiger charge is -2.28. The van der Waals surface area contributed by atoms with Gasteiger partial charge < -0.3 is 4.90 Å². The van der Waals surface area contributed by atoms with E-state index in [1.807, 2.05) is 22.7 Å². The van der Waals surface area contributed by atoms with Gasteiger partial charge >= 0.3 is 0 Å². The summed E-state index contributed by atoms with van der Waals surface area (Å²) in [7, 11) is 0. The Labute approximate surface area is 340 Å². The average molecular weight is 764 g/mol. The molecule has 0 fully saturated rings. The van der Waals surface area contributed by atoms with Gasteiger partial charge in [-0.05, 0) is 97.7 Å². The van der Waals surface area contributed by atoms with Crippen LogP contribution in [-0.4, -0.2) is 0 Å². The molecule has 0 aliphatic heterocycles. The third-order valence-corrected chi connectivity index (χ3v) is 13.7. The number of hydrogen-bond donors (Lipinski definition) is 0. The summed E-state index contributed by atoms with van der Waals surface area (Å²) in [5, 5.41) is 7.85. The van der Waals surface area contributed by atoms with Crippen molar-refractivity contribution in [3.05, 3.63) is 211 Å². The van der Waals surface area contributed by atoms with Gasteiger partial charge in [0.1, 0.15) is 0 Å². The first-order valence-corrected chi connectivity index (χ1v) is 21.2. The molecule has 57 heavy (non-hydrogen) atoms. The molecule has 0 saturated heterocycles. The van der Waals surface area contributed by atoms with Crippen molar-refractivity contribution in [2.45, 2.75) is 13.1 Å². The highest BCUT2D eigenvalue weighted by molar-refractivity contribution is 7.26. The molecule has 2 heterocycles. The maximum atomic E-state index is 2.58. The Kier molecular flexibility index (Phi) is 8.42. The zero-order chi connectivity index (χ0) is 37.7. The smallest absolute Gasteiger partial charge is 0.0439 e. The molecule has 0 amide bonds. The molecule has 0 aliphatic rings. The molecule has 0 saturated carbocycles. The van der Waals surface area contributed by atoms with Crippen molar-refractivity contribution < 1.29 is 0 Å². The Morgan fingerprint density at radius 1 is 0.333 bits per heavy atom. The maximum absolute atomic E-state index is 2.58. The largest absolute Gasteiger partial charge is 0.363 e. The Balaban J connectivity index is 1.06.